The van der Waals surface area contributed by atoms with Crippen molar-refractivity contribution in [1.82, 2.24) is 9.78 Å². The number of nitro groups is 1. The van der Waals surface area contributed by atoms with Crippen LogP contribution in [-0.2, 0) is 0 Å². The van der Waals surface area contributed by atoms with E-state index in [2.05, 4.69) is 5.10 Å². The molecule has 0 unspecified atom stereocenters. The maximum Gasteiger partial charge on any atom is 0.357 e. The van der Waals surface area contributed by atoms with E-state index in [1.54, 1.807) is 24.3 Å². The fraction of sp³-hybridized carbons (Fsp3) is 0.0476. The van der Waals surface area contributed by atoms with Gasteiger partial charge in [0.25, 0.3) is 11.2 Å². The van der Waals surface area contributed by atoms with Crippen molar-refractivity contribution in [3.05, 3.63) is 90.3 Å². The molecule has 0 aliphatic rings. The van der Waals surface area contributed by atoms with Gasteiger partial charge in [-0.15, -0.1) is 0 Å². The van der Waals surface area contributed by atoms with Gasteiger partial charge >= 0.3 is 5.97 Å². The summed E-state index contributed by atoms with van der Waals surface area (Å²) in [6, 6.07) is 11.7. The summed E-state index contributed by atoms with van der Waals surface area (Å²) in [6.07, 6.45) is 2.43. The minimum atomic E-state index is -1.49. The molecule has 0 fully saturated rings. The van der Waals surface area contributed by atoms with Crippen LogP contribution in [0.4, 0.5) is 5.69 Å². The molecule has 32 heavy (non-hydrogen) atoms. The average Bonchev–Trinajstić information content (AvgIpc) is 2.78. The molecule has 0 amide bonds. The van der Waals surface area contributed by atoms with Crippen molar-refractivity contribution in [2.45, 2.75) is 0 Å². The fourth-order valence-corrected chi connectivity index (χ4v) is 3.06. The molecule has 1 heterocycles. The predicted octanol–water partition coefficient (Wildman–Crippen LogP) is 3.54. The van der Waals surface area contributed by atoms with E-state index in [0.29, 0.717) is 0 Å². The molecule has 0 radical (unpaired) electrons. The summed E-state index contributed by atoms with van der Waals surface area (Å²) < 4.78 is 5.97. The van der Waals surface area contributed by atoms with E-state index in [1.165, 1.54) is 37.5 Å². The molecular weight excluding hydrogens is 440 g/mol. The molecule has 0 aliphatic heterocycles. The Kier molecular flexibility index (Phi) is 6.32. The second-order valence-electron chi connectivity index (χ2n) is 6.24. The highest BCUT2D eigenvalue weighted by atomic mass is 35.5. The van der Waals surface area contributed by atoms with Crippen molar-refractivity contribution >= 4 is 35.4 Å². The van der Waals surface area contributed by atoms with E-state index < -0.39 is 27.7 Å². The highest BCUT2D eigenvalue weighted by Crippen LogP contribution is 2.25. The topological polar surface area (TPSA) is 148 Å². The van der Waals surface area contributed by atoms with Gasteiger partial charge in [-0.1, -0.05) is 35.9 Å². The van der Waals surface area contributed by atoms with E-state index in [-0.39, 0.29) is 33.3 Å². The van der Waals surface area contributed by atoms with Gasteiger partial charge in [0.1, 0.15) is 23.1 Å². The minimum absolute atomic E-state index is 0.149. The lowest BCUT2D eigenvalue weighted by molar-refractivity contribution is -0.384. The van der Waals surface area contributed by atoms with Crippen molar-refractivity contribution < 1.29 is 19.6 Å². The fourth-order valence-electron chi connectivity index (χ4n) is 2.88. The van der Waals surface area contributed by atoms with Crippen LogP contribution in [0, 0.1) is 21.4 Å². The van der Waals surface area contributed by atoms with Crippen LogP contribution in [0.15, 0.2) is 47.3 Å². The van der Waals surface area contributed by atoms with E-state index in [0.717, 1.165) is 10.8 Å². The Labute approximate surface area is 185 Å². The lowest BCUT2D eigenvalue weighted by Gasteiger charge is -2.12. The van der Waals surface area contributed by atoms with Gasteiger partial charge < -0.3 is 9.84 Å². The van der Waals surface area contributed by atoms with Gasteiger partial charge in [-0.2, -0.15) is 15.0 Å². The Balaban J connectivity index is 2.25. The van der Waals surface area contributed by atoms with Crippen molar-refractivity contribution in [3.8, 4) is 17.5 Å². The predicted molar refractivity (Wildman–Crippen MR) is 115 cm³/mol. The molecule has 10 nitrogen and oxygen atoms in total. The number of carboxylic acids is 1. The summed E-state index contributed by atoms with van der Waals surface area (Å²) in [5.74, 6) is -1.25. The third kappa shape index (κ3) is 4.19. The Morgan fingerprint density at radius 3 is 2.66 bits per heavy atom. The number of aromatic carboxylic acids is 1. The molecule has 3 rings (SSSR count). The summed E-state index contributed by atoms with van der Waals surface area (Å²) >= 11 is 6.06. The van der Waals surface area contributed by atoms with Gasteiger partial charge in [0, 0.05) is 22.7 Å². The number of hydrogen-bond acceptors (Lipinski definition) is 7. The molecule has 0 atom stereocenters. The monoisotopic (exact) mass is 452 g/mol. The van der Waals surface area contributed by atoms with Crippen LogP contribution in [-0.4, -0.2) is 32.9 Å². The maximum absolute atomic E-state index is 13.0. The van der Waals surface area contributed by atoms with Gasteiger partial charge in [-0.3, -0.25) is 14.9 Å². The average molecular weight is 453 g/mol. The summed E-state index contributed by atoms with van der Waals surface area (Å²) in [7, 11) is 1.37. The Hall–Kier alpha value is -4.49. The minimum Gasteiger partial charge on any atom is -0.494 e. The molecule has 0 spiro atoms. The molecule has 160 valence electrons. The molecule has 0 saturated carbocycles. The molecule has 11 heteroatoms. The Morgan fingerprint density at radius 2 is 2.03 bits per heavy atom. The van der Waals surface area contributed by atoms with Crippen LogP contribution in [0.1, 0.15) is 27.2 Å². The number of para-hydroxylation sites is 2. The number of methoxy groups -OCH3 is 1. The first kappa shape index (κ1) is 22.2. The number of aromatic nitrogens is 2. The molecular formula is C21H13ClN4O6. The lowest BCUT2D eigenvalue weighted by atomic mass is 10.1. The summed E-state index contributed by atoms with van der Waals surface area (Å²) in [5.41, 5.74) is -2.10. The summed E-state index contributed by atoms with van der Waals surface area (Å²) in [6.45, 7) is 0. The number of halogens is 1. The number of nitrogens with zero attached hydrogens (tertiary/aromatic N) is 4. The standard InChI is InChI=1S/C21H13ClN4O6/c1-32-18-5-3-2-4-17(18)25-20(27)15(11-23)14(19(24-25)21(28)29)8-6-12-10-13(26(30)31)7-9-16(12)22/h2-10H,1H3,(H,28,29)/b8-6-. The van der Waals surface area contributed by atoms with Gasteiger partial charge in [-0.05, 0) is 23.8 Å². The first-order valence-corrected chi connectivity index (χ1v) is 9.22. The number of nitro benzene ring substituents is 1. The normalized spacial score (nSPS) is 10.7. The zero-order valence-electron chi connectivity index (χ0n) is 16.4. The molecule has 2 aromatic carbocycles. The van der Waals surface area contributed by atoms with Crippen LogP contribution >= 0.6 is 11.6 Å². The Bertz CT molecular complexity index is 1370. The van der Waals surface area contributed by atoms with Crippen molar-refractivity contribution in [3.63, 3.8) is 0 Å². The molecule has 1 aromatic heterocycles. The first-order chi connectivity index (χ1) is 15.3. The second kappa shape index (κ2) is 9.11. The highest BCUT2D eigenvalue weighted by molar-refractivity contribution is 6.32. The zero-order chi connectivity index (χ0) is 23.4. The zero-order valence-corrected chi connectivity index (χ0v) is 17.1. The smallest absolute Gasteiger partial charge is 0.357 e. The number of carbonyl (C=O) groups is 1. The number of nitriles is 1. The van der Waals surface area contributed by atoms with Gasteiger partial charge in [0.05, 0.1) is 12.0 Å². The van der Waals surface area contributed by atoms with Gasteiger partial charge in [0.15, 0.2) is 5.69 Å². The van der Waals surface area contributed by atoms with Crippen LogP contribution in [0.3, 0.4) is 0 Å². The Morgan fingerprint density at radius 1 is 1.31 bits per heavy atom. The number of benzene rings is 2. The summed E-state index contributed by atoms with van der Waals surface area (Å²) in [4.78, 5) is 35.2. The van der Waals surface area contributed by atoms with Gasteiger partial charge in [0.2, 0.25) is 0 Å². The van der Waals surface area contributed by atoms with Crippen LogP contribution in [0.25, 0.3) is 17.8 Å². The molecule has 3 aromatic rings. The van der Waals surface area contributed by atoms with Crippen molar-refractivity contribution in [2.75, 3.05) is 7.11 Å². The van der Waals surface area contributed by atoms with Crippen LogP contribution < -0.4 is 10.3 Å². The lowest BCUT2D eigenvalue weighted by Crippen LogP contribution is -2.28. The molecule has 0 saturated heterocycles. The second-order valence-corrected chi connectivity index (χ2v) is 6.65. The van der Waals surface area contributed by atoms with Crippen LogP contribution in [0.2, 0.25) is 5.02 Å². The largest absolute Gasteiger partial charge is 0.494 e. The number of rotatable bonds is 6. The van der Waals surface area contributed by atoms with Crippen molar-refractivity contribution in [1.29, 1.82) is 5.26 Å². The number of carboxylic acid groups (broad SMARTS) is 1. The van der Waals surface area contributed by atoms with Gasteiger partial charge in [-0.25, -0.2) is 4.79 Å². The van der Waals surface area contributed by atoms with E-state index >= 15 is 0 Å². The third-order valence-electron chi connectivity index (χ3n) is 4.38. The van der Waals surface area contributed by atoms with E-state index in [9.17, 15) is 30.1 Å². The quantitative estimate of drug-likeness (QED) is 0.441. The van der Waals surface area contributed by atoms with E-state index in [4.69, 9.17) is 16.3 Å². The highest BCUT2D eigenvalue weighted by Gasteiger charge is 2.22. The maximum atomic E-state index is 13.0. The number of ether oxygens (including phenoxy) is 1. The molecule has 1 N–H and O–H groups in total. The SMILES string of the molecule is COc1ccccc1-n1nc(C(=O)O)c(/C=C\c2cc([N+](=O)[O-])ccc2Cl)c(C#N)c1=O. The number of non-ortho nitro benzene ring substituents is 1. The molecule has 0 bridgehead atoms. The van der Waals surface area contributed by atoms with Crippen molar-refractivity contribution in [2.24, 2.45) is 0 Å². The summed E-state index contributed by atoms with van der Waals surface area (Å²) in [5, 5.41) is 34.4. The molecule has 0 aliphatic carbocycles. The first-order valence-electron chi connectivity index (χ1n) is 8.84. The number of hydrogen-bond donors (Lipinski definition) is 1. The third-order valence-corrected chi connectivity index (χ3v) is 4.72. The van der Waals surface area contributed by atoms with E-state index in [1.807, 2.05) is 0 Å². The van der Waals surface area contributed by atoms with Crippen LogP contribution in [0.5, 0.6) is 5.75 Å².